The lowest BCUT2D eigenvalue weighted by Crippen LogP contribution is -2.39. The molecule has 1 amide bonds. The van der Waals surface area contributed by atoms with E-state index in [0.29, 0.717) is 22.4 Å². The van der Waals surface area contributed by atoms with Crippen LogP contribution in [0, 0.1) is 0 Å². The first-order valence-corrected chi connectivity index (χ1v) is 7.28. The van der Waals surface area contributed by atoms with Gasteiger partial charge in [-0.05, 0) is 17.7 Å². The number of halogens is 3. The predicted octanol–water partition coefficient (Wildman–Crippen LogP) is 2.57. The van der Waals surface area contributed by atoms with Crippen LogP contribution < -0.4 is 11.1 Å². The van der Waals surface area contributed by atoms with Crippen LogP contribution in [-0.2, 0) is 16.1 Å². The quantitative estimate of drug-likeness (QED) is 0.808. The lowest BCUT2D eigenvalue weighted by molar-refractivity contribution is -0.118. The van der Waals surface area contributed by atoms with Crippen LogP contribution in [0.5, 0.6) is 0 Å². The Labute approximate surface area is 150 Å². The number of rotatable bonds is 6. The highest BCUT2D eigenvalue weighted by molar-refractivity contribution is 6.35. The van der Waals surface area contributed by atoms with Gasteiger partial charge in [0.2, 0.25) is 5.91 Å². The summed E-state index contributed by atoms with van der Waals surface area (Å²) < 4.78 is 6.48. The summed E-state index contributed by atoms with van der Waals surface area (Å²) in [6, 6.07) is 6.16. The number of aromatic nitrogens is 2. The van der Waals surface area contributed by atoms with Crippen LogP contribution in [0.15, 0.2) is 30.5 Å². The van der Waals surface area contributed by atoms with E-state index in [1.54, 1.807) is 29.1 Å². The second kappa shape index (κ2) is 9.10. The number of benzene rings is 1. The fourth-order valence-corrected chi connectivity index (χ4v) is 2.32. The Morgan fingerprint density at radius 2 is 2.17 bits per heavy atom. The molecule has 3 N–H and O–H groups in total. The number of anilines is 1. The molecule has 23 heavy (non-hydrogen) atoms. The molecule has 1 atom stereocenters. The standard InChI is InChI=1S/C14H16Cl2N4O2.ClH/c1-22-8-12(17)14(21)19-13-4-5-18-20(13)7-9-2-3-10(15)6-11(9)16;/h2-6,12H,7-8,17H2,1H3,(H,19,21);1H. The van der Waals surface area contributed by atoms with E-state index in [1.165, 1.54) is 7.11 Å². The lowest BCUT2D eigenvalue weighted by Gasteiger charge is -2.13. The molecule has 0 spiro atoms. The van der Waals surface area contributed by atoms with Crippen molar-refractivity contribution in [3.63, 3.8) is 0 Å². The molecule has 2 aromatic rings. The van der Waals surface area contributed by atoms with E-state index in [1.807, 2.05) is 6.07 Å². The number of nitrogens with one attached hydrogen (secondary N) is 1. The summed E-state index contributed by atoms with van der Waals surface area (Å²) in [7, 11) is 1.49. The number of hydrogen-bond donors (Lipinski definition) is 2. The van der Waals surface area contributed by atoms with Crippen LogP contribution in [0.2, 0.25) is 10.0 Å². The average Bonchev–Trinajstić information content (AvgIpc) is 2.89. The van der Waals surface area contributed by atoms with E-state index in [4.69, 9.17) is 33.7 Å². The highest BCUT2D eigenvalue weighted by Gasteiger charge is 2.15. The second-order valence-electron chi connectivity index (χ2n) is 4.66. The van der Waals surface area contributed by atoms with Crippen molar-refractivity contribution in [2.75, 3.05) is 19.0 Å². The van der Waals surface area contributed by atoms with Crippen LogP contribution in [0.1, 0.15) is 5.56 Å². The third-order valence-electron chi connectivity index (χ3n) is 2.99. The van der Waals surface area contributed by atoms with Crippen LogP contribution in [-0.4, -0.2) is 35.4 Å². The molecule has 0 saturated heterocycles. The SMILES string of the molecule is COCC(N)C(=O)Nc1ccnn1Cc1ccc(Cl)cc1Cl.Cl. The van der Waals surface area contributed by atoms with Gasteiger partial charge in [0, 0.05) is 23.2 Å². The topological polar surface area (TPSA) is 82.2 Å². The minimum atomic E-state index is -0.743. The molecule has 1 unspecified atom stereocenters. The van der Waals surface area contributed by atoms with Crippen LogP contribution in [0.25, 0.3) is 0 Å². The summed E-state index contributed by atoms with van der Waals surface area (Å²) in [6.07, 6.45) is 1.58. The molecular weight excluding hydrogens is 363 g/mol. The average molecular weight is 380 g/mol. The van der Waals surface area contributed by atoms with E-state index in [-0.39, 0.29) is 24.9 Å². The van der Waals surface area contributed by atoms with Gasteiger partial charge in [-0.25, -0.2) is 4.68 Å². The maximum Gasteiger partial charge on any atom is 0.244 e. The Hall–Kier alpha value is -1.31. The maximum absolute atomic E-state index is 11.9. The number of amides is 1. The third-order valence-corrected chi connectivity index (χ3v) is 3.57. The monoisotopic (exact) mass is 378 g/mol. The largest absolute Gasteiger partial charge is 0.383 e. The second-order valence-corrected chi connectivity index (χ2v) is 5.50. The zero-order valence-corrected chi connectivity index (χ0v) is 14.7. The first-order valence-electron chi connectivity index (χ1n) is 6.52. The van der Waals surface area contributed by atoms with Gasteiger partial charge in [0.15, 0.2) is 0 Å². The van der Waals surface area contributed by atoms with Gasteiger partial charge in [0.1, 0.15) is 11.9 Å². The molecule has 126 valence electrons. The minimum absolute atomic E-state index is 0. The number of methoxy groups -OCH3 is 1. The molecule has 9 heteroatoms. The Morgan fingerprint density at radius 3 is 2.83 bits per heavy atom. The molecule has 0 aliphatic carbocycles. The Kier molecular flexibility index (Phi) is 7.81. The summed E-state index contributed by atoms with van der Waals surface area (Å²) in [4.78, 5) is 11.9. The van der Waals surface area contributed by atoms with Gasteiger partial charge in [0.05, 0.1) is 19.3 Å². The van der Waals surface area contributed by atoms with Gasteiger partial charge in [-0.15, -0.1) is 12.4 Å². The van der Waals surface area contributed by atoms with Crippen LogP contribution in [0.4, 0.5) is 5.82 Å². The number of carbonyl (C=O) groups excluding carboxylic acids is 1. The normalized spacial score (nSPS) is 11.7. The lowest BCUT2D eigenvalue weighted by atomic mass is 10.2. The molecule has 0 bridgehead atoms. The summed E-state index contributed by atoms with van der Waals surface area (Å²) in [5.74, 6) is 0.188. The number of ether oxygens (including phenoxy) is 1. The zero-order valence-electron chi connectivity index (χ0n) is 12.3. The third kappa shape index (κ3) is 5.37. The highest BCUT2D eigenvalue weighted by Crippen LogP contribution is 2.22. The number of carbonyl (C=O) groups is 1. The van der Waals surface area contributed by atoms with Crippen molar-refractivity contribution in [3.05, 3.63) is 46.1 Å². The van der Waals surface area contributed by atoms with Crippen LogP contribution >= 0.6 is 35.6 Å². The zero-order chi connectivity index (χ0) is 16.1. The molecule has 0 fully saturated rings. The summed E-state index contributed by atoms with van der Waals surface area (Å²) in [5, 5.41) is 7.99. The molecule has 2 rings (SSSR count). The number of hydrogen-bond acceptors (Lipinski definition) is 4. The first kappa shape index (κ1) is 19.7. The fraction of sp³-hybridized carbons (Fsp3) is 0.286. The molecule has 0 aliphatic rings. The van der Waals surface area contributed by atoms with E-state index in [9.17, 15) is 4.79 Å². The van der Waals surface area contributed by atoms with Crippen molar-refractivity contribution in [2.24, 2.45) is 5.73 Å². The Morgan fingerprint density at radius 1 is 1.43 bits per heavy atom. The van der Waals surface area contributed by atoms with Crippen LogP contribution in [0.3, 0.4) is 0 Å². The van der Waals surface area contributed by atoms with Crippen molar-refractivity contribution < 1.29 is 9.53 Å². The fourth-order valence-electron chi connectivity index (χ4n) is 1.85. The van der Waals surface area contributed by atoms with Crippen molar-refractivity contribution in [1.82, 2.24) is 9.78 Å². The Bertz CT molecular complexity index is 663. The van der Waals surface area contributed by atoms with Gasteiger partial charge in [0.25, 0.3) is 0 Å². The molecule has 1 heterocycles. The molecule has 1 aromatic carbocycles. The summed E-state index contributed by atoms with van der Waals surface area (Å²) >= 11 is 12.0. The molecule has 1 aromatic heterocycles. The van der Waals surface area contributed by atoms with Gasteiger partial charge in [-0.1, -0.05) is 29.3 Å². The molecule has 0 aliphatic heterocycles. The van der Waals surface area contributed by atoms with Crippen molar-refractivity contribution in [3.8, 4) is 0 Å². The predicted molar refractivity (Wildman–Crippen MR) is 93.5 cm³/mol. The van der Waals surface area contributed by atoms with E-state index in [0.717, 1.165) is 5.56 Å². The summed E-state index contributed by atoms with van der Waals surface area (Å²) in [5.41, 5.74) is 6.52. The maximum atomic E-state index is 11.9. The van der Waals surface area contributed by atoms with E-state index in [2.05, 4.69) is 10.4 Å². The van der Waals surface area contributed by atoms with Crippen molar-refractivity contribution >= 4 is 47.3 Å². The summed E-state index contributed by atoms with van der Waals surface area (Å²) in [6.45, 7) is 0.543. The van der Waals surface area contributed by atoms with E-state index >= 15 is 0 Å². The Balaban J connectivity index is 0.00000264. The van der Waals surface area contributed by atoms with Crippen molar-refractivity contribution in [1.29, 1.82) is 0 Å². The molecular formula is C14H17Cl3N4O2. The van der Waals surface area contributed by atoms with Gasteiger partial charge in [-0.2, -0.15) is 5.10 Å². The molecule has 0 radical (unpaired) electrons. The first-order chi connectivity index (χ1) is 10.5. The molecule has 0 saturated carbocycles. The number of nitrogens with zero attached hydrogens (tertiary/aromatic N) is 2. The highest BCUT2D eigenvalue weighted by atomic mass is 35.5. The number of nitrogens with two attached hydrogens (primary N) is 1. The van der Waals surface area contributed by atoms with Crippen molar-refractivity contribution in [2.45, 2.75) is 12.6 Å². The van der Waals surface area contributed by atoms with Gasteiger partial charge >= 0.3 is 0 Å². The molecule has 6 nitrogen and oxygen atoms in total. The minimum Gasteiger partial charge on any atom is -0.383 e. The van der Waals surface area contributed by atoms with E-state index < -0.39 is 6.04 Å². The van der Waals surface area contributed by atoms with Gasteiger partial charge in [-0.3, -0.25) is 4.79 Å². The van der Waals surface area contributed by atoms with Gasteiger partial charge < -0.3 is 15.8 Å². The smallest absolute Gasteiger partial charge is 0.244 e.